The summed E-state index contributed by atoms with van der Waals surface area (Å²) in [6, 6.07) is -4.03. The van der Waals surface area contributed by atoms with E-state index >= 15 is 0 Å². The van der Waals surface area contributed by atoms with Crippen LogP contribution in [-0.2, 0) is 28.5 Å². The van der Waals surface area contributed by atoms with Crippen LogP contribution < -0.4 is 16.8 Å². The van der Waals surface area contributed by atoms with Gasteiger partial charge in [-0.2, -0.15) is 0 Å². The van der Waals surface area contributed by atoms with Gasteiger partial charge < -0.3 is 81.3 Å². The molecule has 2 unspecified atom stereocenters. The quantitative estimate of drug-likeness (QED) is 0.0931. The Balaban J connectivity index is 1.86. The van der Waals surface area contributed by atoms with Gasteiger partial charge in [-0.15, -0.1) is 0 Å². The molecule has 0 aliphatic carbocycles. The average molecular weight is 600 g/mol. The smallest absolute Gasteiger partial charge is 0.220 e. The van der Waals surface area contributed by atoms with Gasteiger partial charge in [0.05, 0.1) is 31.9 Å². The number of unbranched alkanes of at least 4 members (excludes halogenated alkanes) is 2. The molecule has 3 aliphatic rings. The van der Waals surface area contributed by atoms with Gasteiger partial charge in [0.15, 0.2) is 18.9 Å². The van der Waals surface area contributed by atoms with E-state index in [0.29, 0.717) is 6.42 Å². The Labute approximate surface area is 236 Å². The van der Waals surface area contributed by atoms with Crippen LogP contribution in [0.5, 0.6) is 0 Å². The van der Waals surface area contributed by atoms with E-state index in [0.717, 1.165) is 12.8 Å². The van der Waals surface area contributed by atoms with E-state index in [1.165, 1.54) is 0 Å². The number of aliphatic hydroxyl groups is 8. The molecule has 0 spiro atoms. The van der Waals surface area contributed by atoms with Crippen molar-refractivity contribution in [2.45, 2.75) is 125 Å². The van der Waals surface area contributed by atoms with Gasteiger partial charge in [0.1, 0.15) is 61.0 Å². The molecule has 0 aromatic heterocycles. The zero-order valence-corrected chi connectivity index (χ0v) is 22.8. The lowest BCUT2D eigenvalue weighted by atomic mass is 9.94. The van der Waals surface area contributed by atoms with E-state index in [9.17, 15) is 45.6 Å². The van der Waals surface area contributed by atoms with E-state index in [1.807, 2.05) is 6.92 Å². The number of amides is 1. The van der Waals surface area contributed by atoms with Crippen LogP contribution in [0.3, 0.4) is 0 Å². The molecule has 17 heteroatoms. The first-order chi connectivity index (χ1) is 19.5. The summed E-state index contributed by atoms with van der Waals surface area (Å²) in [7, 11) is 0. The van der Waals surface area contributed by atoms with Crippen LogP contribution in [0.4, 0.5) is 0 Å². The molecule has 240 valence electrons. The van der Waals surface area contributed by atoms with Crippen molar-refractivity contribution in [3.05, 3.63) is 0 Å². The van der Waals surface area contributed by atoms with Gasteiger partial charge in [-0.3, -0.25) is 4.79 Å². The zero-order valence-electron chi connectivity index (χ0n) is 22.8. The summed E-state index contributed by atoms with van der Waals surface area (Å²) in [6.45, 7) is -0.162. The first kappa shape index (κ1) is 34.4. The lowest BCUT2D eigenvalue weighted by Gasteiger charge is -2.49. The molecular weight excluding hydrogens is 554 g/mol. The summed E-state index contributed by atoms with van der Waals surface area (Å²) in [5.41, 5.74) is 11.8. The first-order valence-corrected chi connectivity index (χ1v) is 13.8. The van der Waals surface area contributed by atoms with Crippen molar-refractivity contribution in [2.75, 3.05) is 19.8 Å². The maximum absolute atomic E-state index is 12.8. The molecule has 0 aromatic rings. The molecule has 3 rings (SSSR count). The molecule has 17 nitrogen and oxygen atoms in total. The first-order valence-electron chi connectivity index (χ1n) is 13.8. The molecule has 3 fully saturated rings. The van der Waals surface area contributed by atoms with E-state index in [4.69, 9.17) is 35.2 Å². The summed E-state index contributed by atoms with van der Waals surface area (Å²) in [6.07, 6.45) is -15.3. The van der Waals surface area contributed by atoms with Crippen molar-refractivity contribution < 1.29 is 69.3 Å². The third-order valence-electron chi connectivity index (χ3n) is 7.62. The number of nitrogens with one attached hydrogen (secondary N) is 1. The van der Waals surface area contributed by atoms with Gasteiger partial charge in [-0.1, -0.05) is 19.8 Å². The lowest BCUT2D eigenvalue weighted by Crippen LogP contribution is -2.70. The van der Waals surface area contributed by atoms with Gasteiger partial charge in [0.25, 0.3) is 0 Å². The normalized spacial score (nSPS) is 45.4. The predicted molar refractivity (Wildman–Crippen MR) is 135 cm³/mol. The number of nitrogens with two attached hydrogens (primary N) is 2. The Morgan fingerprint density at radius 1 is 0.732 bits per heavy atom. The Bertz CT molecular complexity index is 812. The fourth-order valence-electron chi connectivity index (χ4n) is 5.10. The fourth-order valence-corrected chi connectivity index (χ4v) is 5.10. The number of ether oxygens (including phenoxy) is 5. The second-order valence-corrected chi connectivity index (χ2v) is 10.6. The Morgan fingerprint density at radius 3 is 1.90 bits per heavy atom. The summed E-state index contributed by atoms with van der Waals surface area (Å²) in [5, 5.41) is 84.4. The molecule has 15 atom stereocenters. The minimum atomic E-state index is -1.66. The third-order valence-corrected chi connectivity index (χ3v) is 7.62. The minimum absolute atomic E-state index is 0.100. The average Bonchev–Trinajstić information content (AvgIpc) is 2.96. The highest BCUT2D eigenvalue weighted by Gasteiger charge is 2.53. The van der Waals surface area contributed by atoms with Crippen LogP contribution in [0.1, 0.15) is 32.6 Å². The van der Waals surface area contributed by atoms with Crippen molar-refractivity contribution in [1.82, 2.24) is 5.32 Å². The van der Waals surface area contributed by atoms with E-state index in [-0.39, 0.29) is 6.42 Å². The highest BCUT2D eigenvalue weighted by atomic mass is 16.7. The highest BCUT2D eigenvalue weighted by Crippen LogP contribution is 2.32. The Morgan fingerprint density at radius 2 is 1.29 bits per heavy atom. The molecular formula is C24H45N3O14. The van der Waals surface area contributed by atoms with E-state index in [1.54, 1.807) is 0 Å². The van der Waals surface area contributed by atoms with Crippen LogP contribution >= 0.6 is 0 Å². The van der Waals surface area contributed by atoms with Crippen molar-refractivity contribution in [1.29, 1.82) is 0 Å². The molecule has 3 heterocycles. The molecule has 0 aromatic carbocycles. The predicted octanol–water partition coefficient (Wildman–Crippen LogP) is -5.94. The van der Waals surface area contributed by atoms with Gasteiger partial charge in [-0.25, -0.2) is 0 Å². The van der Waals surface area contributed by atoms with Crippen molar-refractivity contribution in [3.63, 3.8) is 0 Å². The van der Waals surface area contributed by atoms with Gasteiger partial charge in [0, 0.05) is 6.42 Å². The Hall–Kier alpha value is -1.13. The molecule has 0 bridgehead atoms. The highest BCUT2D eigenvalue weighted by molar-refractivity contribution is 5.76. The summed E-state index contributed by atoms with van der Waals surface area (Å²) in [5.74, 6) is -0.475. The molecule has 0 saturated carbocycles. The molecule has 3 saturated heterocycles. The standard InChI is InChI=1S/C24H45N3O14/c1-2-3-4-5-12(31)27-15-19(35)21(40-23-14(26)17(33)16(32)9(6-28)38-23)11(8-30)39-24(15)41-20-10(7-29)37-22(36)13(25)18(20)34/h9-11,13-24,28-30,32-36H,2-8,25-26H2,1H3,(H,27,31)/t9-,10-,11-,13-,14-,15-,16-,17-,18-,19-,20?,21?,22-,23+,24+/m1/s1. The summed E-state index contributed by atoms with van der Waals surface area (Å²) >= 11 is 0. The van der Waals surface area contributed by atoms with Gasteiger partial charge in [-0.05, 0) is 6.42 Å². The molecule has 1 amide bonds. The van der Waals surface area contributed by atoms with Crippen LogP contribution in [0, 0.1) is 0 Å². The number of hydrogen-bond donors (Lipinski definition) is 11. The van der Waals surface area contributed by atoms with Crippen LogP contribution in [0.15, 0.2) is 0 Å². The minimum Gasteiger partial charge on any atom is -0.394 e. The fraction of sp³-hybridized carbons (Fsp3) is 0.958. The third kappa shape index (κ3) is 7.88. The number of carbonyl (C=O) groups is 1. The van der Waals surface area contributed by atoms with Crippen LogP contribution in [0.2, 0.25) is 0 Å². The SMILES string of the molecule is CCCCCC(=O)N[C@H]1[C@H](OC2[C@@H](CO)O[C@@H](O)[C@H](N)[C@H]2O)O[C@H](CO)C(O[C@@H]2O[C@H](CO)[C@@H](O)[C@H](O)[C@H]2N)[C@@H]1O. The van der Waals surface area contributed by atoms with Crippen molar-refractivity contribution in [2.24, 2.45) is 11.5 Å². The largest absolute Gasteiger partial charge is 0.394 e. The zero-order chi connectivity index (χ0) is 30.4. The van der Waals surface area contributed by atoms with Crippen LogP contribution in [-0.4, -0.2) is 159 Å². The van der Waals surface area contributed by atoms with Crippen LogP contribution in [0.25, 0.3) is 0 Å². The number of rotatable bonds is 12. The molecule has 13 N–H and O–H groups in total. The second-order valence-electron chi connectivity index (χ2n) is 10.6. The van der Waals surface area contributed by atoms with Gasteiger partial charge >= 0.3 is 0 Å². The maximum atomic E-state index is 12.8. The van der Waals surface area contributed by atoms with Gasteiger partial charge in [0.2, 0.25) is 5.91 Å². The monoisotopic (exact) mass is 599 g/mol. The van der Waals surface area contributed by atoms with E-state index in [2.05, 4.69) is 5.32 Å². The van der Waals surface area contributed by atoms with Crippen molar-refractivity contribution >= 4 is 5.91 Å². The van der Waals surface area contributed by atoms with Crippen molar-refractivity contribution in [3.8, 4) is 0 Å². The number of hydrogen-bond acceptors (Lipinski definition) is 16. The summed E-state index contributed by atoms with van der Waals surface area (Å²) in [4.78, 5) is 12.8. The van der Waals surface area contributed by atoms with E-state index < -0.39 is 118 Å². The molecule has 3 aliphatic heterocycles. The number of aliphatic hydroxyl groups excluding tert-OH is 8. The molecule has 41 heavy (non-hydrogen) atoms. The Kier molecular flexibility index (Phi) is 13.0. The second kappa shape index (κ2) is 15.6. The topological polar surface area (TPSA) is 289 Å². The number of carbonyl (C=O) groups excluding carboxylic acids is 1. The lowest BCUT2D eigenvalue weighted by molar-refractivity contribution is -0.350. The maximum Gasteiger partial charge on any atom is 0.220 e. The summed E-state index contributed by atoms with van der Waals surface area (Å²) < 4.78 is 28.3. The molecule has 0 radical (unpaired) electrons.